The molecule has 0 amide bonds. The average Bonchev–Trinajstić information content (AvgIpc) is 2.69. The van der Waals surface area contributed by atoms with E-state index in [1.54, 1.807) is 6.07 Å². The van der Waals surface area contributed by atoms with Gasteiger partial charge in [0.1, 0.15) is 5.82 Å². The van der Waals surface area contributed by atoms with E-state index in [4.69, 9.17) is 0 Å². The van der Waals surface area contributed by atoms with Crippen molar-refractivity contribution in [2.75, 3.05) is 13.1 Å². The molecule has 1 aliphatic rings. The highest BCUT2D eigenvalue weighted by molar-refractivity contribution is 5.59. The third-order valence-corrected chi connectivity index (χ3v) is 5.30. The van der Waals surface area contributed by atoms with Crippen molar-refractivity contribution in [3.8, 4) is 11.4 Å². The summed E-state index contributed by atoms with van der Waals surface area (Å²) >= 11 is 0. The quantitative estimate of drug-likeness (QED) is 0.758. The maximum atomic E-state index is 11.8. The van der Waals surface area contributed by atoms with Crippen molar-refractivity contribution >= 4 is 0 Å². The lowest BCUT2D eigenvalue weighted by Crippen LogP contribution is -2.34. The van der Waals surface area contributed by atoms with Crippen LogP contribution in [0.25, 0.3) is 11.4 Å². The predicted molar refractivity (Wildman–Crippen MR) is 109 cm³/mol. The second-order valence-electron chi connectivity index (χ2n) is 7.56. The third-order valence-electron chi connectivity index (χ3n) is 5.30. The Morgan fingerprint density at radius 1 is 1.18 bits per heavy atom. The van der Waals surface area contributed by atoms with E-state index in [1.807, 2.05) is 31.5 Å². The van der Waals surface area contributed by atoms with Gasteiger partial charge in [-0.05, 0) is 38.8 Å². The number of benzene rings is 1. The Hall–Kier alpha value is -2.86. The third kappa shape index (κ3) is 4.17. The molecule has 0 saturated carbocycles. The Morgan fingerprint density at radius 2 is 1.96 bits per heavy atom. The number of nitrogens with one attached hydrogen (secondary N) is 1. The van der Waals surface area contributed by atoms with Crippen LogP contribution in [-0.2, 0) is 6.54 Å². The van der Waals surface area contributed by atoms with Crippen LogP contribution in [0.4, 0.5) is 0 Å². The Morgan fingerprint density at radius 3 is 2.71 bits per heavy atom. The smallest absolute Gasteiger partial charge is 0.251 e. The first kappa shape index (κ1) is 18.5. The molecule has 0 aliphatic carbocycles. The molecule has 1 aromatic carbocycles. The molecule has 1 fully saturated rings. The molecule has 28 heavy (non-hydrogen) atoms. The van der Waals surface area contributed by atoms with Crippen LogP contribution in [0.3, 0.4) is 0 Å². The topological polar surface area (TPSA) is 74.8 Å². The number of hydrogen-bond acceptors (Lipinski definition) is 5. The zero-order chi connectivity index (χ0) is 19.5. The largest absolute Gasteiger partial charge is 0.311 e. The number of piperidine rings is 1. The minimum absolute atomic E-state index is 0.0696. The molecule has 1 atom stereocenters. The minimum atomic E-state index is -0.0696. The SMILES string of the molecule is Cc1nc(C2CCCN(Cc3cnc(-c4ccccc4C)nc3)C2)cc(=O)[nH]1. The van der Waals surface area contributed by atoms with Crippen molar-refractivity contribution in [1.82, 2.24) is 24.8 Å². The maximum Gasteiger partial charge on any atom is 0.251 e. The van der Waals surface area contributed by atoms with E-state index in [1.165, 1.54) is 5.56 Å². The summed E-state index contributed by atoms with van der Waals surface area (Å²) in [5.41, 5.74) is 4.18. The number of likely N-dealkylation sites (tertiary alicyclic amines) is 1. The summed E-state index contributed by atoms with van der Waals surface area (Å²) in [4.78, 5) is 30.6. The van der Waals surface area contributed by atoms with Crippen LogP contribution in [0.1, 0.15) is 41.4 Å². The van der Waals surface area contributed by atoms with Gasteiger partial charge in [0.25, 0.3) is 5.56 Å². The summed E-state index contributed by atoms with van der Waals surface area (Å²) in [5.74, 6) is 1.74. The molecule has 3 aromatic rings. The van der Waals surface area contributed by atoms with Crippen molar-refractivity contribution in [1.29, 1.82) is 0 Å². The average molecular weight is 375 g/mol. The van der Waals surface area contributed by atoms with E-state index in [2.05, 4.69) is 43.9 Å². The minimum Gasteiger partial charge on any atom is -0.311 e. The van der Waals surface area contributed by atoms with Crippen LogP contribution < -0.4 is 5.56 Å². The molecule has 1 aliphatic heterocycles. The van der Waals surface area contributed by atoms with Crippen LogP contribution in [0.5, 0.6) is 0 Å². The molecule has 144 valence electrons. The molecule has 2 aromatic heterocycles. The van der Waals surface area contributed by atoms with E-state index in [9.17, 15) is 4.79 Å². The van der Waals surface area contributed by atoms with Gasteiger partial charge in [0.05, 0.1) is 5.69 Å². The second kappa shape index (κ2) is 8.02. The molecule has 1 N–H and O–H groups in total. The second-order valence-corrected chi connectivity index (χ2v) is 7.56. The number of aromatic nitrogens is 4. The van der Waals surface area contributed by atoms with Crippen molar-refractivity contribution in [2.24, 2.45) is 0 Å². The van der Waals surface area contributed by atoms with E-state index in [0.29, 0.717) is 11.7 Å². The Labute approximate surface area is 164 Å². The monoisotopic (exact) mass is 375 g/mol. The Balaban J connectivity index is 1.45. The summed E-state index contributed by atoms with van der Waals surface area (Å²) in [6.07, 6.45) is 6.01. The summed E-state index contributed by atoms with van der Waals surface area (Å²) in [6.45, 7) is 6.66. The highest BCUT2D eigenvalue weighted by atomic mass is 16.1. The molecule has 1 unspecified atom stereocenters. The number of aromatic amines is 1. The van der Waals surface area contributed by atoms with Gasteiger partial charge in [0.2, 0.25) is 0 Å². The fourth-order valence-corrected chi connectivity index (χ4v) is 3.91. The summed E-state index contributed by atoms with van der Waals surface area (Å²) in [7, 11) is 0. The Kier molecular flexibility index (Phi) is 5.30. The standard InChI is InChI=1S/C22H25N5O/c1-15-6-3-4-8-19(15)22-23-11-17(12-24-22)13-27-9-5-7-18(14-27)20-10-21(28)26-16(2)25-20/h3-4,6,8,10-12,18H,5,7,9,13-14H2,1-2H3,(H,25,26,28). The zero-order valence-electron chi connectivity index (χ0n) is 16.4. The fourth-order valence-electron chi connectivity index (χ4n) is 3.91. The summed E-state index contributed by atoms with van der Waals surface area (Å²) in [5, 5.41) is 0. The first-order valence-corrected chi connectivity index (χ1v) is 9.75. The van der Waals surface area contributed by atoms with E-state index in [0.717, 1.165) is 55.1 Å². The van der Waals surface area contributed by atoms with Gasteiger partial charge in [-0.25, -0.2) is 15.0 Å². The lowest BCUT2D eigenvalue weighted by Gasteiger charge is -2.32. The van der Waals surface area contributed by atoms with Crippen molar-refractivity contribution in [2.45, 2.75) is 39.2 Å². The predicted octanol–water partition coefficient (Wildman–Crippen LogP) is 3.22. The van der Waals surface area contributed by atoms with Crippen molar-refractivity contribution in [3.05, 3.63) is 75.7 Å². The molecular formula is C22H25N5O. The van der Waals surface area contributed by atoms with Crippen LogP contribution in [0.15, 0.2) is 47.5 Å². The van der Waals surface area contributed by atoms with E-state index in [-0.39, 0.29) is 5.56 Å². The molecule has 0 radical (unpaired) electrons. The number of aryl methyl sites for hydroxylation is 2. The van der Waals surface area contributed by atoms with Gasteiger partial charge in [-0.1, -0.05) is 24.3 Å². The van der Waals surface area contributed by atoms with Crippen LogP contribution in [-0.4, -0.2) is 37.9 Å². The summed E-state index contributed by atoms with van der Waals surface area (Å²) < 4.78 is 0. The van der Waals surface area contributed by atoms with Crippen LogP contribution >= 0.6 is 0 Å². The molecule has 4 rings (SSSR count). The lowest BCUT2D eigenvalue weighted by molar-refractivity contribution is 0.198. The molecule has 6 heteroatoms. The molecule has 6 nitrogen and oxygen atoms in total. The zero-order valence-corrected chi connectivity index (χ0v) is 16.4. The van der Waals surface area contributed by atoms with Gasteiger partial charge in [-0.2, -0.15) is 0 Å². The molecule has 0 spiro atoms. The van der Waals surface area contributed by atoms with Gasteiger partial charge in [0, 0.05) is 48.6 Å². The number of hydrogen-bond donors (Lipinski definition) is 1. The van der Waals surface area contributed by atoms with Crippen molar-refractivity contribution < 1.29 is 0 Å². The first-order chi connectivity index (χ1) is 13.6. The molecule has 1 saturated heterocycles. The number of H-pyrrole nitrogens is 1. The molecule has 3 heterocycles. The van der Waals surface area contributed by atoms with Gasteiger partial charge < -0.3 is 4.98 Å². The van der Waals surface area contributed by atoms with Gasteiger partial charge in [0.15, 0.2) is 5.82 Å². The maximum absolute atomic E-state index is 11.8. The first-order valence-electron chi connectivity index (χ1n) is 9.75. The van der Waals surface area contributed by atoms with Gasteiger partial charge in [-0.15, -0.1) is 0 Å². The molecule has 0 bridgehead atoms. The number of rotatable bonds is 4. The van der Waals surface area contributed by atoms with E-state index < -0.39 is 0 Å². The van der Waals surface area contributed by atoms with E-state index >= 15 is 0 Å². The van der Waals surface area contributed by atoms with Crippen LogP contribution in [0.2, 0.25) is 0 Å². The normalized spacial score (nSPS) is 17.6. The number of nitrogens with zero attached hydrogens (tertiary/aromatic N) is 4. The summed E-state index contributed by atoms with van der Waals surface area (Å²) in [6, 6.07) is 9.80. The highest BCUT2D eigenvalue weighted by Crippen LogP contribution is 2.26. The highest BCUT2D eigenvalue weighted by Gasteiger charge is 2.23. The van der Waals surface area contributed by atoms with Crippen LogP contribution in [0, 0.1) is 13.8 Å². The lowest BCUT2D eigenvalue weighted by atomic mass is 9.94. The van der Waals surface area contributed by atoms with Gasteiger partial charge in [-0.3, -0.25) is 9.69 Å². The van der Waals surface area contributed by atoms with Gasteiger partial charge >= 0.3 is 0 Å². The molecular weight excluding hydrogens is 350 g/mol. The fraction of sp³-hybridized carbons (Fsp3) is 0.364. The van der Waals surface area contributed by atoms with Crippen molar-refractivity contribution in [3.63, 3.8) is 0 Å². The Bertz CT molecular complexity index is 1010.